The van der Waals surface area contributed by atoms with Crippen molar-refractivity contribution in [1.29, 1.82) is 0 Å². The molecule has 0 saturated carbocycles. The molecule has 1 aliphatic heterocycles. The van der Waals surface area contributed by atoms with Gasteiger partial charge in [0, 0.05) is 6.08 Å². The minimum absolute atomic E-state index is 0.523. The maximum atomic E-state index is 10.0. The van der Waals surface area contributed by atoms with Crippen molar-refractivity contribution in [3.05, 3.63) is 12.3 Å². The van der Waals surface area contributed by atoms with Gasteiger partial charge in [-0.05, 0) is 0 Å². The van der Waals surface area contributed by atoms with E-state index in [1.807, 2.05) is 0 Å². The molecule has 0 aromatic carbocycles. The number of carbonyl (C=O) groups is 1. The fourth-order valence-corrected chi connectivity index (χ4v) is 1.15. The Morgan fingerprint density at radius 2 is 2.62 bits per heavy atom. The summed E-state index contributed by atoms with van der Waals surface area (Å²) in [4.78, 5) is 10.0. The Morgan fingerprint density at radius 1 is 1.88 bits per heavy atom. The first-order chi connectivity index (χ1) is 3.80. The van der Waals surface area contributed by atoms with Gasteiger partial charge in [-0.15, -0.1) is 0 Å². The predicted octanol–water partition coefficient (Wildman–Crippen LogP) is 0.742. The van der Waals surface area contributed by atoms with Crippen molar-refractivity contribution in [2.75, 3.05) is 5.75 Å². The molecule has 0 bridgehead atoms. The zero-order valence-corrected chi connectivity index (χ0v) is 4.85. The largest absolute Gasteiger partial charge is 0.569 e. The highest BCUT2D eigenvalue weighted by Gasteiger charge is 2.33. The summed E-state index contributed by atoms with van der Waals surface area (Å²) in [6.07, 6.45) is 3.13. The quantitative estimate of drug-likeness (QED) is 0.496. The lowest BCUT2D eigenvalue weighted by Crippen LogP contribution is -2.12. The van der Waals surface area contributed by atoms with E-state index >= 15 is 0 Å². The van der Waals surface area contributed by atoms with Crippen molar-refractivity contribution in [1.82, 2.24) is 0 Å². The van der Waals surface area contributed by atoms with Crippen LogP contribution in [0.5, 0.6) is 0 Å². The first kappa shape index (κ1) is 5.50. The Balaban J connectivity index is 2.41. The molecule has 3 nitrogen and oxygen atoms in total. The molecular weight excluding hydrogens is 128 g/mol. The summed E-state index contributed by atoms with van der Waals surface area (Å²) in [5.74, 6) is 0.523. The van der Waals surface area contributed by atoms with Gasteiger partial charge in [0.15, 0.2) is 12.0 Å². The molecular formula is C4H5O3S+. The van der Waals surface area contributed by atoms with Gasteiger partial charge in [0.1, 0.15) is 0 Å². The van der Waals surface area contributed by atoms with Crippen LogP contribution in [0.2, 0.25) is 0 Å². The highest BCUT2D eigenvalue weighted by molar-refractivity contribution is 8.06. The molecule has 1 rings (SSSR count). The molecule has 1 heterocycles. The fraction of sp³-hybridized carbons (Fsp3) is 0.250. The lowest BCUT2D eigenvalue weighted by atomic mass is 10.7. The van der Waals surface area contributed by atoms with Crippen LogP contribution < -0.4 is 0 Å². The van der Waals surface area contributed by atoms with E-state index < -0.39 is 16.5 Å². The molecule has 0 fully saturated rings. The second-order valence-electron chi connectivity index (χ2n) is 1.25. The molecule has 1 aliphatic rings. The van der Waals surface area contributed by atoms with Crippen LogP contribution in [0, 0.1) is 0 Å². The number of carboxylic acid groups (broad SMARTS) is 1. The topological polar surface area (TPSA) is 46.5 Å². The maximum Gasteiger partial charge on any atom is 0.569 e. The summed E-state index contributed by atoms with van der Waals surface area (Å²) >= 11 is -0.873. The molecule has 0 radical (unpaired) electrons. The predicted molar refractivity (Wildman–Crippen MR) is 30.5 cm³/mol. The first-order valence-corrected chi connectivity index (χ1v) is 3.38. The molecule has 4 heteroatoms. The molecule has 0 aromatic rings. The first-order valence-electron chi connectivity index (χ1n) is 2.06. The third-order valence-electron chi connectivity index (χ3n) is 0.710. The molecule has 0 aromatic heterocycles. The minimum atomic E-state index is -0.873. The third-order valence-corrected chi connectivity index (χ3v) is 1.94. The summed E-state index contributed by atoms with van der Waals surface area (Å²) in [6, 6.07) is 0. The van der Waals surface area contributed by atoms with Crippen LogP contribution in [0.25, 0.3) is 0 Å². The van der Waals surface area contributed by atoms with Crippen LogP contribution in [0.4, 0.5) is 4.79 Å². The Hall–Kier alpha value is -0.640. The molecule has 0 saturated heterocycles. The van der Waals surface area contributed by atoms with Crippen LogP contribution in [-0.4, -0.2) is 16.2 Å². The van der Waals surface area contributed by atoms with Gasteiger partial charge in [0.25, 0.3) is 0 Å². The highest BCUT2D eigenvalue weighted by atomic mass is 32.2. The van der Waals surface area contributed by atoms with Gasteiger partial charge in [-0.25, -0.2) is 0 Å². The van der Waals surface area contributed by atoms with E-state index in [1.165, 1.54) is 6.26 Å². The molecule has 1 N–H and O–H groups in total. The monoisotopic (exact) mass is 133 g/mol. The normalized spacial score (nSPS) is 25.2. The smallest absolute Gasteiger partial charge is 0.438 e. The highest BCUT2D eigenvalue weighted by Crippen LogP contribution is 2.07. The van der Waals surface area contributed by atoms with Crippen molar-refractivity contribution < 1.29 is 14.1 Å². The number of rotatable bonds is 0. The lowest BCUT2D eigenvalue weighted by Gasteiger charge is -1.85. The van der Waals surface area contributed by atoms with Gasteiger partial charge < -0.3 is 5.11 Å². The van der Waals surface area contributed by atoms with Gasteiger partial charge in [0.05, 0.1) is 0 Å². The van der Waals surface area contributed by atoms with E-state index in [1.54, 1.807) is 6.08 Å². The van der Waals surface area contributed by atoms with Crippen LogP contribution in [-0.2, 0) is 15.4 Å². The van der Waals surface area contributed by atoms with Crippen LogP contribution in [0.15, 0.2) is 12.3 Å². The standard InChI is InChI=1S/C4H4O3S/c5-4(6)8-3-1-2-7-8/h1-2H,3H2/p+1. The molecule has 0 amide bonds. The summed E-state index contributed by atoms with van der Waals surface area (Å²) in [5.41, 5.74) is 0. The van der Waals surface area contributed by atoms with Gasteiger partial charge >= 0.3 is 16.5 Å². The Bertz CT molecular complexity index is 123. The summed E-state index contributed by atoms with van der Waals surface area (Å²) in [7, 11) is 0. The van der Waals surface area contributed by atoms with Gasteiger partial charge in [0.2, 0.25) is 0 Å². The third kappa shape index (κ3) is 0.949. The number of hydrogen-bond donors (Lipinski definition) is 1. The SMILES string of the molecule is O=C(O)[S+]1CC=CO1. The molecule has 0 spiro atoms. The van der Waals surface area contributed by atoms with E-state index in [2.05, 4.69) is 4.18 Å². The van der Waals surface area contributed by atoms with E-state index in [4.69, 9.17) is 5.11 Å². The molecule has 8 heavy (non-hydrogen) atoms. The van der Waals surface area contributed by atoms with E-state index in [0.717, 1.165) is 0 Å². The molecule has 0 aliphatic carbocycles. The lowest BCUT2D eigenvalue weighted by molar-refractivity contribution is 0.219. The molecule has 1 atom stereocenters. The molecule has 44 valence electrons. The number of hydrogen-bond acceptors (Lipinski definition) is 2. The van der Waals surface area contributed by atoms with E-state index in [0.29, 0.717) is 5.75 Å². The summed E-state index contributed by atoms with van der Waals surface area (Å²) in [6.45, 7) is 0. The average molecular weight is 133 g/mol. The molecule has 1 unspecified atom stereocenters. The van der Waals surface area contributed by atoms with Crippen molar-refractivity contribution in [2.45, 2.75) is 0 Å². The summed E-state index contributed by atoms with van der Waals surface area (Å²) < 4.78 is 4.66. The van der Waals surface area contributed by atoms with Crippen molar-refractivity contribution >= 4 is 16.5 Å². The van der Waals surface area contributed by atoms with Crippen LogP contribution in [0.3, 0.4) is 0 Å². The fourth-order valence-electron chi connectivity index (χ4n) is 0.385. The maximum absolute atomic E-state index is 10.0. The van der Waals surface area contributed by atoms with Gasteiger partial charge in [-0.1, -0.05) is 0 Å². The average Bonchev–Trinajstić information content (AvgIpc) is 2.12. The second kappa shape index (κ2) is 2.09. The van der Waals surface area contributed by atoms with Crippen molar-refractivity contribution in [3.8, 4) is 0 Å². The van der Waals surface area contributed by atoms with Crippen molar-refractivity contribution in [2.24, 2.45) is 0 Å². The zero-order valence-electron chi connectivity index (χ0n) is 4.03. The second-order valence-corrected chi connectivity index (χ2v) is 2.81. The van der Waals surface area contributed by atoms with Crippen LogP contribution >= 0.6 is 0 Å². The van der Waals surface area contributed by atoms with Crippen molar-refractivity contribution in [3.63, 3.8) is 0 Å². The summed E-state index contributed by atoms with van der Waals surface area (Å²) in [5, 5.41) is 7.39. The minimum Gasteiger partial charge on any atom is -0.438 e. The Morgan fingerprint density at radius 3 is 2.88 bits per heavy atom. The van der Waals surface area contributed by atoms with Crippen LogP contribution in [0.1, 0.15) is 0 Å². The van der Waals surface area contributed by atoms with E-state index in [-0.39, 0.29) is 0 Å². The van der Waals surface area contributed by atoms with Gasteiger partial charge in [-0.2, -0.15) is 4.79 Å². The van der Waals surface area contributed by atoms with E-state index in [9.17, 15) is 4.79 Å². The zero-order chi connectivity index (χ0) is 5.98. The Labute approximate surface area is 49.5 Å². The Kier molecular flexibility index (Phi) is 1.43. The van der Waals surface area contributed by atoms with Gasteiger partial charge in [-0.3, -0.25) is 4.18 Å².